The molecule has 1 atom stereocenters. The lowest BCUT2D eigenvalue weighted by Gasteiger charge is -2.33. The summed E-state index contributed by atoms with van der Waals surface area (Å²) in [6, 6.07) is 18.7. The second-order valence-electron chi connectivity index (χ2n) is 7.91. The number of benzene rings is 2. The highest BCUT2D eigenvalue weighted by molar-refractivity contribution is 7.92. The van der Waals surface area contributed by atoms with Crippen molar-refractivity contribution < 1.29 is 17.6 Å². The Morgan fingerprint density at radius 1 is 1.06 bits per heavy atom. The van der Waals surface area contributed by atoms with E-state index in [0.717, 1.165) is 16.5 Å². The number of piperazine rings is 1. The van der Waals surface area contributed by atoms with E-state index in [9.17, 15) is 13.2 Å². The number of carbonyl (C=O) groups excluding carboxylic acids is 1. The molecule has 1 fully saturated rings. The summed E-state index contributed by atoms with van der Waals surface area (Å²) >= 11 is 0. The number of rotatable bonds is 7. The third-order valence-electron chi connectivity index (χ3n) is 5.54. The summed E-state index contributed by atoms with van der Waals surface area (Å²) in [5.41, 5.74) is 1.63. The molecule has 32 heavy (non-hydrogen) atoms. The zero-order valence-corrected chi connectivity index (χ0v) is 18.8. The molecular formula is C24H27N3O4S. The van der Waals surface area contributed by atoms with Gasteiger partial charge in [-0.1, -0.05) is 48.5 Å². The van der Waals surface area contributed by atoms with Crippen LogP contribution in [0.15, 0.2) is 70.5 Å². The summed E-state index contributed by atoms with van der Waals surface area (Å²) in [4.78, 5) is 14.5. The minimum absolute atomic E-state index is 0.113. The van der Waals surface area contributed by atoms with E-state index < -0.39 is 10.0 Å². The van der Waals surface area contributed by atoms with E-state index in [-0.39, 0.29) is 18.5 Å². The first-order valence-corrected chi connectivity index (χ1v) is 12.1. The molecule has 1 amide bonds. The van der Waals surface area contributed by atoms with Gasteiger partial charge < -0.3 is 9.73 Å². The van der Waals surface area contributed by atoms with Crippen LogP contribution in [-0.2, 0) is 14.8 Å². The summed E-state index contributed by atoms with van der Waals surface area (Å²) in [6.45, 7) is 3.83. The third-order valence-corrected chi connectivity index (χ3v) is 7.10. The van der Waals surface area contributed by atoms with Crippen LogP contribution in [-0.4, -0.2) is 56.3 Å². The maximum atomic E-state index is 12.6. The molecule has 1 N–H and O–H groups in total. The summed E-state index contributed by atoms with van der Waals surface area (Å²) in [5, 5.41) is 5.22. The molecule has 1 aliphatic heterocycles. The minimum Gasteiger partial charge on any atom is -0.459 e. The van der Waals surface area contributed by atoms with E-state index in [1.165, 1.54) is 9.71 Å². The van der Waals surface area contributed by atoms with Gasteiger partial charge in [-0.3, -0.25) is 9.69 Å². The van der Waals surface area contributed by atoms with Crippen LogP contribution in [0.2, 0.25) is 0 Å². The largest absolute Gasteiger partial charge is 0.459 e. The number of para-hydroxylation sites is 1. The SMILES string of the molecule is CC(NC(=O)CN1CCN(S(=O)(=O)/C=C/c2ccccc2)CC1)c1cc2ccccc2o1. The Labute approximate surface area is 188 Å². The summed E-state index contributed by atoms with van der Waals surface area (Å²) in [5.74, 6) is 0.596. The molecule has 1 aromatic heterocycles. The molecule has 0 saturated carbocycles. The van der Waals surface area contributed by atoms with Crippen molar-refractivity contribution in [2.45, 2.75) is 13.0 Å². The van der Waals surface area contributed by atoms with Gasteiger partial charge in [-0.2, -0.15) is 4.31 Å². The Bertz CT molecular complexity index is 1160. The van der Waals surface area contributed by atoms with Gasteiger partial charge in [0.25, 0.3) is 0 Å². The van der Waals surface area contributed by atoms with E-state index in [0.29, 0.717) is 31.9 Å². The lowest BCUT2D eigenvalue weighted by molar-refractivity contribution is -0.123. The Morgan fingerprint density at radius 2 is 1.75 bits per heavy atom. The van der Waals surface area contributed by atoms with Gasteiger partial charge in [-0.05, 0) is 30.7 Å². The predicted molar refractivity (Wildman–Crippen MR) is 125 cm³/mol. The predicted octanol–water partition coefficient (Wildman–Crippen LogP) is 3.23. The molecule has 2 heterocycles. The molecular weight excluding hydrogens is 426 g/mol. The van der Waals surface area contributed by atoms with Crippen LogP contribution in [0.3, 0.4) is 0 Å². The van der Waals surface area contributed by atoms with Crippen molar-refractivity contribution in [2.75, 3.05) is 32.7 Å². The van der Waals surface area contributed by atoms with E-state index >= 15 is 0 Å². The Kier molecular flexibility index (Phi) is 6.74. The molecule has 1 saturated heterocycles. The van der Waals surface area contributed by atoms with Crippen LogP contribution in [0.5, 0.6) is 0 Å². The lowest BCUT2D eigenvalue weighted by atomic mass is 10.2. The number of nitrogens with one attached hydrogen (secondary N) is 1. The molecule has 0 bridgehead atoms. The van der Waals surface area contributed by atoms with E-state index in [1.54, 1.807) is 6.08 Å². The molecule has 1 unspecified atom stereocenters. The van der Waals surface area contributed by atoms with Gasteiger partial charge in [-0.25, -0.2) is 8.42 Å². The van der Waals surface area contributed by atoms with Gasteiger partial charge in [0.2, 0.25) is 15.9 Å². The molecule has 0 spiro atoms. The van der Waals surface area contributed by atoms with Crippen LogP contribution in [0, 0.1) is 0 Å². The van der Waals surface area contributed by atoms with Crippen LogP contribution < -0.4 is 5.32 Å². The average Bonchev–Trinajstić information content (AvgIpc) is 3.23. The van der Waals surface area contributed by atoms with E-state index in [4.69, 9.17) is 4.42 Å². The Balaban J connectivity index is 1.27. The van der Waals surface area contributed by atoms with Crippen molar-refractivity contribution in [1.82, 2.24) is 14.5 Å². The van der Waals surface area contributed by atoms with Crippen molar-refractivity contribution in [2.24, 2.45) is 0 Å². The Morgan fingerprint density at radius 3 is 2.47 bits per heavy atom. The third kappa shape index (κ3) is 5.45. The van der Waals surface area contributed by atoms with Crippen LogP contribution in [0.25, 0.3) is 17.0 Å². The van der Waals surface area contributed by atoms with Crippen LogP contribution in [0.1, 0.15) is 24.3 Å². The number of sulfonamides is 1. The number of nitrogens with zero attached hydrogens (tertiary/aromatic N) is 2. The van der Waals surface area contributed by atoms with Gasteiger partial charge in [0.1, 0.15) is 11.3 Å². The molecule has 8 heteroatoms. The highest BCUT2D eigenvalue weighted by Crippen LogP contribution is 2.23. The molecule has 4 rings (SSSR count). The quantitative estimate of drug-likeness (QED) is 0.594. The normalized spacial score (nSPS) is 17.0. The maximum Gasteiger partial charge on any atom is 0.236 e. The van der Waals surface area contributed by atoms with Gasteiger partial charge in [0.05, 0.1) is 12.6 Å². The highest BCUT2D eigenvalue weighted by Gasteiger charge is 2.26. The summed E-state index contributed by atoms with van der Waals surface area (Å²) in [6.07, 6.45) is 1.61. The molecule has 3 aromatic rings. The zero-order valence-electron chi connectivity index (χ0n) is 18.0. The summed E-state index contributed by atoms with van der Waals surface area (Å²) < 4.78 is 32.5. The molecule has 2 aromatic carbocycles. The average molecular weight is 454 g/mol. The van der Waals surface area contributed by atoms with Gasteiger partial charge in [0.15, 0.2) is 0 Å². The number of furan rings is 1. The molecule has 0 radical (unpaired) electrons. The van der Waals surface area contributed by atoms with Crippen molar-refractivity contribution >= 4 is 33.0 Å². The first kappa shape index (κ1) is 22.3. The van der Waals surface area contributed by atoms with Crippen molar-refractivity contribution in [3.63, 3.8) is 0 Å². The molecule has 1 aliphatic rings. The number of hydrogen-bond donors (Lipinski definition) is 1. The number of fused-ring (bicyclic) bond motifs is 1. The fourth-order valence-corrected chi connectivity index (χ4v) is 4.91. The van der Waals surface area contributed by atoms with Crippen molar-refractivity contribution in [3.8, 4) is 0 Å². The second kappa shape index (κ2) is 9.68. The highest BCUT2D eigenvalue weighted by atomic mass is 32.2. The van der Waals surface area contributed by atoms with Crippen LogP contribution >= 0.6 is 0 Å². The van der Waals surface area contributed by atoms with Gasteiger partial charge in [0, 0.05) is 37.0 Å². The van der Waals surface area contributed by atoms with E-state index in [2.05, 4.69) is 5.32 Å². The molecule has 0 aliphatic carbocycles. The first-order valence-electron chi connectivity index (χ1n) is 10.6. The minimum atomic E-state index is -3.49. The van der Waals surface area contributed by atoms with Crippen molar-refractivity contribution in [3.05, 3.63) is 77.4 Å². The van der Waals surface area contributed by atoms with E-state index in [1.807, 2.05) is 72.5 Å². The fraction of sp³-hybridized carbons (Fsp3) is 0.292. The topological polar surface area (TPSA) is 82.9 Å². The monoisotopic (exact) mass is 453 g/mol. The molecule has 168 valence electrons. The standard InChI is InChI=1S/C24H27N3O4S/c1-19(23-17-21-9-5-6-10-22(21)31-23)25-24(28)18-26-12-14-27(15-13-26)32(29,30)16-11-20-7-3-2-4-8-20/h2-11,16-17,19H,12-15,18H2,1H3,(H,25,28)/b16-11+. The smallest absolute Gasteiger partial charge is 0.236 e. The van der Waals surface area contributed by atoms with Crippen molar-refractivity contribution in [1.29, 1.82) is 0 Å². The second-order valence-corrected chi connectivity index (χ2v) is 9.73. The number of amides is 1. The molecule has 7 nitrogen and oxygen atoms in total. The zero-order chi connectivity index (χ0) is 22.6. The fourth-order valence-electron chi connectivity index (χ4n) is 3.73. The van der Waals surface area contributed by atoms with Gasteiger partial charge >= 0.3 is 0 Å². The Hall–Kier alpha value is -2.94. The summed E-state index contributed by atoms with van der Waals surface area (Å²) in [7, 11) is -3.49. The van der Waals surface area contributed by atoms with Crippen LogP contribution in [0.4, 0.5) is 0 Å². The maximum absolute atomic E-state index is 12.6. The first-order chi connectivity index (χ1) is 15.4. The number of carbonyl (C=O) groups is 1. The lowest BCUT2D eigenvalue weighted by Crippen LogP contribution is -2.50. The van der Waals surface area contributed by atoms with Gasteiger partial charge in [-0.15, -0.1) is 0 Å². The number of hydrogen-bond acceptors (Lipinski definition) is 5.